The second kappa shape index (κ2) is 6.61. The van der Waals surface area contributed by atoms with Crippen molar-refractivity contribution >= 4 is 21.6 Å². The standard InChI is InChI=1S/C14H20ClN3OS/c1-20(2,3)9-8-19-11-18-13(6-7-17-18)12-4-5-14(15)16-10-12/h4-7,10H,8-9,11H2,1-3H3. The summed E-state index contributed by atoms with van der Waals surface area (Å²) in [5, 5.41) is 4.78. The molecule has 0 atom stereocenters. The molecule has 110 valence electrons. The molecule has 2 rings (SSSR count). The molecule has 0 unspecified atom stereocenters. The average molecular weight is 314 g/mol. The fourth-order valence-electron chi connectivity index (χ4n) is 1.67. The fraction of sp³-hybridized carbons (Fsp3) is 0.429. The van der Waals surface area contributed by atoms with Gasteiger partial charge >= 0.3 is 0 Å². The van der Waals surface area contributed by atoms with Crippen molar-refractivity contribution in [2.45, 2.75) is 6.73 Å². The lowest BCUT2D eigenvalue weighted by molar-refractivity contribution is 0.0821. The Morgan fingerprint density at radius 1 is 1.25 bits per heavy atom. The average Bonchev–Trinajstić information content (AvgIpc) is 2.83. The van der Waals surface area contributed by atoms with E-state index in [-0.39, 0.29) is 0 Å². The van der Waals surface area contributed by atoms with Crippen LogP contribution in [-0.4, -0.2) is 45.9 Å². The van der Waals surface area contributed by atoms with Gasteiger partial charge in [0.05, 0.1) is 12.3 Å². The lowest BCUT2D eigenvalue weighted by Gasteiger charge is -2.24. The fourth-order valence-corrected chi connectivity index (χ4v) is 2.40. The van der Waals surface area contributed by atoms with E-state index in [1.807, 2.05) is 16.8 Å². The van der Waals surface area contributed by atoms with Crippen molar-refractivity contribution in [1.29, 1.82) is 0 Å². The lowest BCUT2D eigenvalue weighted by atomic mass is 10.2. The molecule has 4 nitrogen and oxygen atoms in total. The Morgan fingerprint density at radius 3 is 2.70 bits per heavy atom. The van der Waals surface area contributed by atoms with Gasteiger partial charge in [-0.2, -0.15) is 5.10 Å². The number of aromatic nitrogens is 3. The van der Waals surface area contributed by atoms with Crippen LogP contribution in [-0.2, 0) is 11.5 Å². The van der Waals surface area contributed by atoms with Crippen LogP contribution >= 0.6 is 21.6 Å². The smallest absolute Gasteiger partial charge is 0.140 e. The van der Waals surface area contributed by atoms with Crippen molar-refractivity contribution in [1.82, 2.24) is 14.8 Å². The van der Waals surface area contributed by atoms with Crippen LogP contribution in [0.4, 0.5) is 0 Å². The summed E-state index contributed by atoms with van der Waals surface area (Å²) in [4.78, 5) is 4.09. The maximum Gasteiger partial charge on any atom is 0.140 e. The molecular formula is C14H20ClN3OS. The Kier molecular flexibility index (Phi) is 5.07. The van der Waals surface area contributed by atoms with Gasteiger partial charge in [-0.25, -0.2) is 19.7 Å². The molecule has 0 aliphatic heterocycles. The van der Waals surface area contributed by atoms with Gasteiger partial charge in [-0.05, 0) is 37.0 Å². The van der Waals surface area contributed by atoms with Crippen molar-refractivity contribution in [3.8, 4) is 11.3 Å². The molecule has 0 bridgehead atoms. The maximum atomic E-state index is 5.80. The van der Waals surface area contributed by atoms with E-state index in [1.165, 1.54) is 0 Å². The van der Waals surface area contributed by atoms with E-state index >= 15 is 0 Å². The van der Waals surface area contributed by atoms with E-state index in [2.05, 4.69) is 28.8 Å². The predicted molar refractivity (Wildman–Crippen MR) is 86.7 cm³/mol. The van der Waals surface area contributed by atoms with Crippen LogP contribution in [0, 0.1) is 0 Å². The third-order valence-electron chi connectivity index (χ3n) is 2.79. The highest BCUT2D eigenvalue weighted by Crippen LogP contribution is 2.33. The maximum absolute atomic E-state index is 5.80. The first-order valence-electron chi connectivity index (χ1n) is 6.33. The van der Waals surface area contributed by atoms with Crippen LogP contribution in [0.5, 0.6) is 0 Å². The van der Waals surface area contributed by atoms with Gasteiger partial charge in [0.1, 0.15) is 11.9 Å². The predicted octanol–water partition coefficient (Wildman–Crippen LogP) is 3.27. The summed E-state index contributed by atoms with van der Waals surface area (Å²) in [5.74, 6) is 1.10. The third kappa shape index (κ3) is 4.51. The number of pyridine rings is 1. The zero-order valence-corrected chi connectivity index (χ0v) is 13.6. The van der Waals surface area contributed by atoms with Gasteiger partial charge in [0.15, 0.2) is 0 Å². The van der Waals surface area contributed by atoms with Gasteiger partial charge in [-0.3, -0.25) is 0 Å². The highest BCUT2D eigenvalue weighted by atomic mass is 35.5. The SMILES string of the molecule is CS(C)(C)CCOCn1nccc1-c1ccc(Cl)nc1. The zero-order valence-electron chi connectivity index (χ0n) is 12.0. The number of halogens is 1. The molecule has 0 amide bonds. The van der Waals surface area contributed by atoms with Gasteiger partial charge in [0, 0.05) is 23.7 Å². The first kappa shape index (κ1) is 15.4. The summed E-state index contributed by atoms with van der Waals surface area (Å²) >= 11 is 5.80. The highest BCUT2D eigenvalue weighted by molar-refractivity contribution is 8.32. The molecule has 2 aromatic heterocycles. The van der Waals surface area contributed by atoms with Crippen LogP contribution in [0.3, 0.4) is 0 Å². The molecule has 0 spiro atoms. The summed E-state index contributed by atoms with van der Waals surface area (Å²) in [7, 11) is -0.512. The highest BCUT2D eigenvalue weighted by Gasteiger charge is 2.07. The number of ether oxygens (including phenoxy) is 1. The molecule has 2 heterocycles. The van der Waals surface area contributed by atoms with E-state index in [0.29, 0.717) is 11.9 Å². The molecule has 6 heteroatoms. The molecule has 0 aromatic carbocycles. The van der Waals surface area contributed by atoms with Crippen molar-refractivity contribution in [3.05, 3.63) is 35.7 Å². The number of hydrogen-bond donors (Lipinski definition) is 0. The van der Waals surface area contributed by atoms with Crippen LogP contribution in [0.2, 0.25) is 5.15 Å². The van der Waals surface area contributed by atoms with Gasteiger partial charge in [-0.15, -0.1) is 0 Å². The van der Waals surface area contributed by atoms with E-state index in [0.717, 1.165) is 23.6 Å². The van der Waals surface area contributed by atoms with Crippen LogP contribution in [0.1, 0.15) is 0 Å². The largest absolute Gasteiger partial charge is 0.358 e. The molecule has 0 aliphatic carbocycles. The summed E-state index contributed by atoms with van der Waals surface area (Å²) in [6.45, 7) is 1.22. The third-order valence-corrected chi connectivity index (χ3v) is 4.41. The van der Waals surface area contributed by atoms with Crippen molar-refractivity contribution in [3.63, 3.8) is 0 Å². The van der Waals surface area contributed by atoms with Gasteiger partial charge in [0.2, 0.25) is 0 Å². The molecule has 0 radical (unpaired) electrons. The Labute approximate surface area is 126 Å². The van der Waals surface area contributed by atoms with Crippen LogP contribution < -0.4 is 0 Å². The summed E-state index contributed by atoms with van der Waals surface area (Å²) in [5.41, 5.74) is 1.97. The van der Waals surface area contributed by atoms with E-state index in [9.17, 15) is 0 Å². The summed E-state index contributed by atoms with van der Waals surface area (Å²) < 4.78 is 7.55. The molecule has 0 N–H and O–H groups in total. The lowest BCUT2D eigenvalue weighted by Crippen LogP contribution is -2.11. The van der Waals surface area contributed by atoms with Gasteiger partial charge in [0.25, 0.3) is 0 Å². The van der Waals surface area contributed by atoms with E-state index < -0.39 is 10.0 Å². The van der Waals surface area contributed by atoms with Crippen molar-refractivity contribution < 1.29 is 4.74 Å². The monoisotopic (exact) mass is 313 g/mol. The second-order valence-electron chi connectivity index (χ2n) is 5.42. The molecule has 0 fully saturated rings. The molecule has 0 saturated carbocycles. The Hall–Kier alpha value is -1.04. The molecule has 0 saturated heterocycles. The number of nitrogens with zero attached hydrogens (tertiary/aromatic N) is 3. The normalized spacial score (nSPS) is 12.6. The van der Waals surface area contributed by atoms with Gasteiger partial charge < -0.3 is 4.74 Å². The summed E-state index contributed by atoms with van der Waals surface area (Å²) in [6.07, 6.45) is 10.4. The minimum Gasteiger partial charge on any atom is -0.358 e. The van der Waals surface area contributed by atoms with Crippen LogP contribution in [0.25, 0.3) is 11.3 Å². The first-order chi connectivity index (χ1) is 9.46. The van der Waals surface area contributed by atoms with E-state index in [4.69, 9.17) is 16.3 Å². The Bertz CT molecular complexity index is 548. The molecular weight excluding hydrogens is 294 g/mol. The first-order valence-corrected chi connectivity index (χ1v) is 9.74. The molecule has 2 aromatic rings. The Balaban J connectivity index is 1.97. The van der Waals surface area contributed by atoms with Crippen molar-refractivity contribution in [2.24, 2.45) is 0 Å². The quantitative estimate of drug-likeness (QED) is 0.607. The molecule has 20 heavy (non-hydrogen) atoms. The van der Waals surface area contributed by atoms with E-state index in [1.54, 1.807) is 18.5 Å². The minimum absolute atomic E-state index is 0.459. The zero-order chi connectivity index (χ0) is 14.6. The van der Waals surface area contributed by atoms with Gasteiger partial charge in [-0.1, -0.05) is 11.6 Å². The van der Waals surface area contributed by atoms with Crippen molar-refractivity contribution in [2.75, 3.05) is 31.1 Å². The van der Waals surface area contributed by atoms with Crippen LogP contribution in [0.15, 0.2) is 30.6 Å². The number of rotatable bonds is 6. The summed E-state index contributed by atoms with van der Waals surface area (Å²) in [6, 6.07) is 5.66. The Morgan fingerprint density at radius 2 is 2.05 bits per heavy atom. The topological polar surface area (TPSA) is 39.9 Å². The molecule has 0 aliphatic rings. The number of hydrogen-bond acceptors (Lipinski definition) is 3. The second-order valence-corrected chi connectivity index (χ2v) is 10.4. The minimum atomic E-state index is -0.512.